The van der Waals surface area contributed by atoms with Gasteiger partial charge in [0.2, 0.25) is 0 Å². The van der Waals surface area contributed by atoms with E-state index in [0.29, 0.717) is 16.1 Å². The van der Waals surface area contributed by atoms with Crippen molar-refractivity contribution in [3.8, 4) is 0 Å². The Bertz CT molecular complexity index is 1080. The van der Waals surface area contributed by atoms with Crippen LogP contribution >= 0.6 is 35.5 Å². The molecule has 0 saturated heterocycles. The van der Waals surface area contributed by atoms with Gasteiger partial charge in [-0.05, 0) is 47.6 Å². The van der Waals surface area contributed by atoms with Gasteiger partial charge in [0.25, 0.3) is 11.8 Å². The zero-order valence-electron chi connectivity index (χ0n) is 17.8. The first-order chi connectivity index (χ1) is 15.0. The van der Waals surface area contributed by atoms with Crippen LogP contribution < -0.4 is 11.1 Å². The van der Waals surface area contributed by atoms with Gasteiger partial charge in [0.05, 0.1) is 5.56 Å². The number of nitrogens with one attached hydrogen (secondary N) is 1. The fourth-order valence-corrected chi connectivity index (χ4v) is 5.78. The molecule has 3 N–H and O–H groups in total. The Morgan fingerprint density at radius 3 is 2.50 bits per heavy atom. The zero-order chi connectivity index (χ0) is 21.8. The molecule has 0 radical (unpaired) electrons. The Morgan fingerprint density at radius 2 is 1.84 bits per heavy atom. The molecule has 32 heavy (non-hydrogen) atoms. The van der Waals surface area contributed by atoms with Crippen LogP contribution in [0.3, 0.4) is 0 Å². The SMILES string of the molecule is CCSc1ccc(C(=O)Nc2sc3c(c2C(N)=O)CCN(Cc2ccccc2)C3)cc1.Cl. The summed E-state index contributed by atoms with van der Waals surface area (Å²) in [6.07, 6.45) is 0.746. The van der Waals surface area contributed by atoms with Gasteiger partial charge in [-0.2, -0.15) is 0 Å². The molecule has 1 aromatic heterocycles. The molecular weight excluding hydrogens is 462 g/mol. The number of rotatable bonds is 7. The lowest BCUT2D eigenvalue weighted by Crippen LogP contribution is -2.30. The Labute approximate surface area is 202 Å². The van der Waals surface area contributed by atoms with E-state index in [4.69, 9.17) is 5.73 Å². The molecule has 0 spiro atoms. The largest absolute Gasteiger partial charge is 0.365 e. The lowest BCUT2D eigenvalue weighted by molar-refractivity contribution is 0.0999. The van der Waals surface area contributed by atoms with E-state index in [2.05, 4.69) is 29.3 Å². The van der Waals surface area contributed by atoms with Crippen molar-refractivity contribution in [2.45, 2.75) is 31.3 Å². The van der Waals surface area contributed by atoms with E-state index in [1.807, 2.05) is 42.5 Å². The van der Waals surface area contributed by atoms with Crippen molar-refractivity contribution in [1.82, 2.24) is 4.90 Å². The number of hydrogen-bond donors (Lipinski definition) is 2. The average molecular weight is 488 g/mol. The Morgan fingerprint density at radius 1 is 1.12 bits per heavy atom. The smallest absolute Gasteiger partial charge is 0.256 e. The molecule has 0 saturated carbocycles. The summed E-state index contributed by atoms with van der Waals surface area (Å²) >= 11 is 3.19. The van der Waals surface area contributed by atoms with Crippen LogP contribution in [-0.4, -0.2) is 29.0 Å². The van der Waals surface area contributed by atoms with Gasteiger partial charge in [0.15, 0.2) is 0 Å². The molecule has 0 unspecified atom stereocenters. The van der Waals surface area contributed by atoms with Crippen LogP contribution in [0.4, 0.5) is 5.00 Å². The number of nitrogens with zero attached hydrogens (tertiary/aromatic N) is 1. The van der Waals surface area contributed by atoms with Crippen LogP contribution in [0.1, 0.15) is 43.6 Å². The van der Waals surface area contributed by atoms with Crippen LogP contribution in [-0.2, 0) is 19.5 Å². The van der Waals surface area contributed by atoms with E-state index >= 15 is 0 Å². The summed E-state index contributed by atoms with van der Waals surface area (Å²) in [4.78, 5) is 29.6. The number of halogens is 1. The number of carbonyl (C=O) groups excluding carboxylic acids is 2. The maximum Gasteiger partial charge on any atom is 0.256 e. The highest BCUT2D eigenvalue weighted by Crippen LogP contribution is 2.37. The third kappa shape index (κ3) is 5.53. The molecule has 2 aromatic carbocycles. The molecule has 1 aliphatic rings. The summed E-state index contributed by atoms with van der Waals surface area (Å²) in [6, 6.07) is 17.9. The van der Waals surface area contributed by atoms with Gasteiger partial charge in [-0.1, -0.05) is 37.3 Å². The number of hydrogen-bond acceptors (Lipinski definition) is 5. The van der Waals surface area contributed by atoms with Gasteiger partial charge < -0.3 is 11.1 Å². The molecule has 4 rings (SSSR count). The monoisotopic (exact) mass is 487 g/mol. The highest BCUT2D eigenvalue weighted by molar-refractivity contribution is 7.99. The lowest BCUT2D eigenvalue weighted by atomic mass is 10.0. The molecule has 8 heteroatoms. The van der Waals surface area contributed by atoms with Crippen molar-refractivity contribution in [2.24, 2.45) is 5.73 Å². The number of thiophene rings is 1. The Balaban J connectivity index is 0.00000289. The predicted molar refractivity (Wildman–Crippen MR) is 135 cm³/mol. The fraction of sp³-hybridized carbons (Fsp3) is 0.250. The van der Waals surface area contributed by atoms with E-state index < -0.39 is 5.91 Å². The molecule has 0 aliphatic carbocycles. The second kappa shape index (κ2) is 11.0. The van der Waals surface area contributed by atoms with Gasteiger partial charge in [-0.3, -0.25) is 14.5 Å². The highest BCUT2D eigenvalue weighted by Gasteiger charge is 2.28. The predicted octanol–water partition coefficient (Wildman–Crippen LogP) is 5.19. The van der Waals surface area contributed by atoms with Crippen molar-refractivity contribution >= 4 is 52.3 Å². The first kappa shape index (κ1) is 24.3. The minimum Gasteiger partial charge on any atom is -0.365 e. The van der Waals surface area contributed by atoms with Gasteiger partial charge in [-0.25, -0.2) is 0 Å². The van der Waals surface area contributed by atoms with Crippen LogP contribution in [0.2, 0.25) is 0 Å². The van der Waals surface area contributed by atoms with Crippen molar-refractivity contribution in [1.29, 1.82) is 0 Å². The molecule has 168 valence electrons. The van der Waals surface area contributed by atoms with Crippen molar-refractivity contribution in [2.75, 3.05) is 17.6 Å². The summed E-state index contributed by atoms with van der Waals surface area (Å²) < 4.78 is 0. The normalized spacial score (nSPS) is 13.2. The first-order valence-corrected chi connectivity index (χ1v) is 12.1. The second-order valence-electron chi connectivity index (χ2n) is 7.43. The summed E-state index contributed by atoms with van der Waals surface area (Å²) in [5.74, 6) is 0.268. The third-order valence-electron chi connectivity index (χ3n) is 5.29. The van der Waals surface area contributed by atoms with E-state index in [1.54, 1.807) is 11.8 Å². The minimum atomic E-state index is -0.487. The van der Waals surface area contributed by atoms with Crippen LogP contribution in [0.25, 0.3) is 0 Å². The van der Waals surface area contributed by atoms with Crippen LogP contribution in [0.15, 0.2) is 59.5 Å². The van der Waals surface area contributed by atoms with Gasteiger partial charge in [0, 0.05) is 35.0 Å². The number of carbonyl (C=O) groups is 2. The zero-order valence-corrected chi connectivity index (χ0v) is 20.2. The summed E-state index contributed by atoms with van der Waals surface area (Å²) in [6.45, 7) is 4.54. The molecule has 0 bridgehead atoms. The van der Waals surface area contributed by atoms with E-state index in [0.717, 1.165) is 47.1 Å². The Kier molecular flexibility index (Phi) is 8.37. The van der Waals surface area contributed by atoms with Gasteiger partial charge in [-0.15, -0.1) is 35.5 Å². The van der Waals surface area contributed by atoms with Crippen LogP contribution in [0.5, 0.6) is 0 Å². The second-order valence-corrected chi connectivity index (χ2v) is 9.87. The van der Waals surface area contributed by atoms with E-state index in [-0.39, 0.29) is 18.3 Å². The highest BCUT2D eigenvalue weighted by atomic mass is 35.5. The number of primary amides is 1. The van der Waals surface area contributed by atoms with Crippen molar-refractivity contribution in [3.05, 3.63) is 81.7 Å². The molecular formula is C24H26ClN3O2S2. The molecule has 5 nitrogen and oxygen atoms in total. The Hall–Kier alpha value is -2.32. The molecule has 1 aliphatic heterocycles. The maximum absolute atomic E-state index is 12.8. The number of fused-ring (bicyclic) bond motifs is 1. The van der Waals surface area contributed by atoms with E-state index in [1.165, 1.54) is 16.9 Å². The topological polar surface area (TPSA) is 75.4 Å². The quantitative estimate of drug-likeness (QED) is 0.449. The fourth-order valence-electron chi connectivity index (χ4n) is 3.83. The molecule has 0 atom stereocenters. The van der Waals surface area contributed by atoms with Gasteiger partial charge in [0.1, 0.15) is 5.00 Å². The minimum absolute atomic E-state index is 0. The van der Waals surface area contributed by atoms with Crippen molar-refractivity contribution in [3.63, 3.8) is 0 Å². The molecule has 2 heterocycles. The summed E-state index contributed by atoms with van der Waals surface area (Å²) in [7, 11) is 0. The molecule has 2 amide bonds. The average Bonchev–Trinajstić information content (AvgIpc) is 3.12. The number of amides is 2. The van der Waals surface area contributed by atoms with E-state index in [9.17, 15) is 9.59 Å². The number of nitrogens with two attached hydrogens (primary N) is 1. The summed E-state index contributed by atoms with van der Waals surface area (Å²) in [5.41, 5.74) is 8.97. The number of thioether (sulfide) groups is 1. The van der Waals surface area contributed by atoms with Crippen molar-refractivity contribution < 1.29 is 9.59 Å². The third-order valence-corrected chi connectivity index (χ3v) is 7.31. The first-order valence-electron chi connectivity index (χ1n) is 10.3. The number of anilines is 1. The lowest BCUT2D eigenvalue weighted by Gasteiger charge is -2.27. The maximum atomic E-state index is 12.8. The van der Waals surface area contributed by atoms with Gasteiger partial charge >= 0.3 is 0 Å². The standard InChI is InChI=1S/C24H25N3O2S2.ClH/c1-2-30-18-10-8-17(9-11-18)23(29)26-24-21(22(25)28)19-12-13-27(15-20(19)31-24)14-16-6-4-3-5-7-16;/h3-11H,2,12-15H2,1H3,(H2,25,28)(H,26,29);1H. The van der Waals surface area contributed by atoms with Crippen LogP contribution in [0, 0.1) is 0 Å². The molecule has 3 aromatic rings. The summed E-state index contributed by atoms with van der Waals surface area (Å²) in [5, 5.41) is 3.49. The molecule has 0 fully saturated rings. The number of benzene rings is 2.